The molecule has 1 aromatic heterocycles. The fraction of sp³-hybridized carbons (Fsp3) is 0.323. The molecule has 3 aliphatic rings. The third-order valence-electron chi connectivity index (χ3n) is 15.6. The second-order valence-corrected chi connectivity index (χ2v) is 25.8. The number of nitrogens with one attached hydrogen (secondary N) is 1. The average molecular weight is 913 g/mol. The van der Waals surface area contributed by atoms with Crippen molar-refractivity contribution < 1.29 is 0 Å². The molecule has 8 aromatic rings. The van der Waals surface area contributed by atoms with Crippen LogP contribution in [0, 0.1) is 27.7 Å². The molecule has 0 unspecified atom stereocenters. The van der Waals surface area contributed by atoms with Gasteiger partial charge in [0, 0.05) is 58.5 Å². The highest BCUT2D eigenvalue weighted by molar-refractivity contribution is 8.05. The molecule has 0 bridgehead atoms. The van der Waals surface area contributed by atoms with Crippen LogP contribution >= 0.6 is 23.5 Å². The Labute approximate surface area is 409 Å². The molecular formula is C62H65BN2S2. The van der Waals surface area contributed by atoms with Gasteiger partial charge >= 0.3 is 0 Å². The van der Waals surface area contributed by atoms with Crippen LogP contribution in [0.15, 0.2) is 123 Å². The number of benzene rings is 7. The van der Waals surface area contributed by atoms with Crippen molar-refractivity contribution in [2.45, 2.75) is 151 Å². The second kappa shape index (κ2) is 15.2. The molecule has 0 saturated carbocycles. The smallest absolute Gasteiger partial charge is 0.198 e. The number of fused-ring (bicyclic) bond motifs is 8. The minimum Gasteiger partial charge on any atom is -0.355 e. The number of hydrogen-bond donors (Lipinski definition) is 1. The monoisotopic (exact) mass is 912 g/mol. The maximum absolute atomic E-state index is 4.21. The van der Waals surface area contributed by atoms with Crippen molar-refractivity contribution in [2.75, 3.05) is 5.32 Å². The van der Waals surface area contributed by atoms with Crippen molar-refractivity contribution in [1.82, 2.24) is 4.57 Å². The van der Waals surface area contributed by atoms with E-state index in [0.717, 1.165) is 13.0 Å². The Bertz CT molecular complexity index is 3400. The van der Waals surface area contributed by atoms with Gasteiger partial charge in [0.25, 0.3) is 0 Å². The van der Waals surface area contributed by atoms with Gasteiger partial charge in [-0.05, 0) is 184 Å². The molecule has 0 saturated heterocycles. The van der Waals surface area contributed by atoms with Crippen molar-refractivity contribution in [2.24, 2.45) is 0 Å². The average Bonchev–Trinajstić information content (AvgIpc) is 3.58. The van der Waals surface area contributed by atoms with E-state index in [0.29, 0.717) is 0 Å². The van der Waals surface area contributed by atoms with Crippen molar-refractivity contribution in [3.8, 4) is 27.9 Å². The lowest BCUT2D eigenvalue weighted by Gasteiger charge is -2.42. The number of aromatic nitrogens is 1. The van der Waals surface area contributed by atoms with Gasteiger partial charge in [0.1, 0.15) is 0 Å². The van der Waals surface area contributed by atoms with Crippen LogP contribution in [0.1, 0.15) is 127 Å². The molecular weight excluding hydrogens is 848 g/mol. The van der Waals surface area contributed by atoms with Crippen LogP contribution in [0.4, 0.5) is 11.4 Å². The minimum absolute atomic E-state index is 0.00844. The van der Waals surface area contributed by atoms with E-state index in [1.807, 2.05) is 23.5 Å². The van der Waals surface area contributed by atoms with E-state index < -0.39 is 0 Å². The minimum atomic E-state index is -0.00844. The van der Waals surface area contributed by atoms with Crippen LogP contribution in [-0.2, 0) is 21.7 Å². The summed E-state index contributed by atoms with van der Waals surface area (Å²) >= 11 is 3.82. The normalized spacial score (nSPS) is 15.7. The highest BCUT2D eigenvalue weighted by Crippen LogP contribution is 2.53. The molecule has 338 valence electrons. The Morgan fingerprint density at radius 1 is 0.567 bits per heavy atom. The molecule has 0 fully saturated rings. The van der Waals surface area contributed by atoms with Crippen LogP contribution < -0.4 is 16.2 Å². The van der Waals surface area contributed by atoms with Crippen LogP contribution in [0.5, 0.6) is 0 Å². The SMILES string of the molecule is Cc1cc(C)c(-c2cc(-c3cc4c(cc3Nc3cc5c(cc3C)C(C)(C)CCC5(C)C)Sc3ccccc3S4)c3c(c2)-n2c4ccc(C(C)(C)C)cc4c4cc(C(C)(C)C)cc(c42)B3)c(C)c1. The number of hydrogen-bond acceptors (Lipinski definition) is 3. The highest BCUT2D eigenvalue weighted by Gasteiger charge is 2.38. The Balaban J connectivity index is 1.23. The van der Waals surface area contributed by atoms with E-state index >= 15 is 0 Å². The predicted octanol–water partition coefficient (Wildman–Crippen LogP) is 16.4. The van der Waals surface area contributed by atoms with Crippen molar-refractivity contribution in [1.29, 1.82) is 0 Å². The van der Waals surface area contributed by atoms with Crippen LogP contribution in [-0.4, -0.2) is 11.8 Å². The Morgan fingerprint density at radius 3 is 1.82 bits per heavy atom. The Morgan fingerprint density at radius 2 is 1.18 bits per heavy atom. The molecule has 0 atom stereocenters. The number of aryl methyl sites for hydroxylation is 4. The Kier molecular flexibility index (Phi) is 10.1. The zero-order chi connectivity index (χ0) is 47.3. The molecule has 1 aliphatic carbocycles. The lowest BCUT2D eigenvalue weighted by atomic mass is 9.58. The number of anilines is 2. The molecule has 67 heavy (non-hydrogen) atoms. The van der Waals surface area contributed by atoms with Gasteiger partial charge in [-0.1, -0.05) is 146 Å². The summed E-state index contributed by atoms with van der Waals surface area (Å²) in [6.07, 6.45) is 2.38. The molecule has 2 nitrogen and oxygen atoms in total. The molecule has 0 amide bonds. The van der Waals surface area contributed by atoms with Crippen LogP contribution in [0.2, 0.25) is 0 Å². The van der Waals surface area contributed by atoms with E-state index in [-0.39, 0.29) is 21.7 Å². The molecule has 11 rings (SSSR count). The molecule has 2 aliphatic heterocycles. The van der Waals surface area contributed by atoms with E-state index in [9.17, 15) is 0 Å². The molecule has 3 heterocycles. The maximum atomic E-state index is 4.21. The van der Waals surface area contributed by atoms with Gasteiger partial charge in [0.15, 0.2) is 7.28 Å². The van der Waals surface area contributed by atoms with Crippen molar-refractivity contribution in [3.63, 3.8) is 0 Å². The Hall–Kier alpha value is -5.10. The third-order valence-corrected chi connectivity index (χ3v) is 18.1. The molecule has 1 N–H and O–H groups in total. The summed E-state index contributed by atoms with van der Waals surface area (Å²) in [7, 11) is 0.849. The summed E-state index contributed by atoms with van der Waals surface area (Å²) < 4.78 is 2.65. The van der Waals surface area contributed by atoms with E-state index in [1.54, 1.807) is 0 Å². The highest BCUT2D eigenvalue weighted by atomic mass is 32.2. The summed E-state index contributed by atoms with van der Waals surface area (Å²) in [5, 5.41) is 6.91. The zero-order valence-corrected chi connectivity index (χ0v) is 43.8. The first-order chi connectivity index (χ1) is 31.6. The zero-order valence-electron chi connectivity index (χ0n) is 42.2. The molecule has 5 heteroatoms. The van der Waals surface area contributed by atoms with Gasteiger partial charge in [0.05, 0.1) is 5.52 Å². The van der Waals surface area contributed by atoms with Gasteiger partial charge in [-0.2, -0.15) is 0 Å². The maximum Gasteiger partial charge on any atom is 0.198 e. The number of nitrogens with zero attached hydrogens (tertiary/aromatic N) is 1. The summed E-state index contributed by atoms with van der Waals surface area (Å²) in [5.41, 5.74) is 25.4. The first-order valence-electron chi connectivity index (χ1n) is 24.5. The first-order valence-corrected chi connectivity index (χ1v) is 26.1. The van der Waals surface area contributed by atoms with Gasteiger partial charge < -0.3 is 9.88 Å². The summed E-state index contributed by atoms with van der Waals surface area (Å²) in [6.45, 7) is 33.0. The standard InChI is InChI=1S/C62H65BN2S2/c1-34-23-36(3)56(37(4)24-34)38-26-43(57-51(27-38)65-50-20-19-39(59(5,6)7)28-42(50)44-29-40(60(8,9)10)30-47(63-57)58(44)65)41-31-54-55(67-53-18-16-15-17-52(53)66-54)33-49(41)64-48-32-46-45(25-35(48)2)61(11,12)21-22-62(46,13)14/h15-20,23-33,63-64H,21-22H2,1-14H3. The molecule has 0 spiro atoms. The summed E-state index contributed by atoms with van der Waals surface area (Å²) in [4.78, 5) is 5.26. The summed E-state index contributed by atoms with van der Waals surface area (Å²) in [5.74, 6) is 0. The van der Waals surface area contributed by atoms with Crippen LogP contribution in [0.3, 0.4) is 0 Å². The van der Waals surface area contributed by atoms with Gasteiger partial charge in [-0.3, -0.25) is 0 Å². The van der Waals surface area contributed by atoms with Crippen LogP contribution in [0.25, 0.3) is 49.7 Å². The van der Waals surface area contributed by atoms with Gasteiger partial charge in [-0.15, -0.1) is 0 Å². The van der Waals surface area contributed by atoms with E-state index in [1.165, 1.54) is 143 Å². The predicted molar refractivity (Wildman–Crippen MR) is 294 cm³/mol. The van der Waals surface area contributed by atoms with E-state index in [2.05, 4.69) is 210 Å². The fourth-order valence-electron chi connectivity index (χ4n) is 11.7. The van der Waals surface area contributed by atoms with Gasteiger partial charge in [0.2, 0.25) is 0 Å². The summed E-state index contributed by atoms with van der Waals surface area (Å²) in [6, 6.07) is 41.1. The van der Waals surface area contributed by atoms with Gasteiger partial charge in [-0.25, -0.2) is 0 Å². The molecule has 0 radical (unpaired) electrons. The second-order valence-electron chi connectivity index (χ2n) is 23.7. The number of rotatable bonds is 4. The lowest BCUT2D eigenvalue weighted by molar-refractivity contribution is 0.332. The lowest BCUT2D eigenvalue weighted by Crippen LogP contribution is -2.38. The quantitative estimate of drug-likeness (QED) is 0.177. The largest absolute Gasteiger partial charge is 0.355 e. The van der Waals surface area contributed by atoms with Crippen molar-refractivity contribution >= 4 is 74.9 Å². The molecule has 7 aromatic carbocycles. The van der Waals surface area contributed by atoms with E-state index in [4.69, 9.17) is 0 Å². The first kappa shape index (κ1) is 44.4. The third kappa shape index (κ3) is 7.32. The van der Waals surface area contributed by atoms with Crippen molar-refractivity contribution in [3.05, 3.63) is 148 Å². The topological polar surface area (TPSA) is 17.0 Å². The fourth-order valence-corrected chi connectivity index (χ4v) is 13.9.